The Morgan fingerprint density at radius 1 is 1.14 bits per heavy atom. The zero-order chi connectivity index (χ0) is 26.0. The van der Waals surface area contributed by atoms with E-state index in [1.54, 1.807) is 47.5 Å². The zero-order valence-electron chi connectivity index (χ0n) is 19.1. The predicted octanol–water partition coefficient (Wildman–Crippen LogP) is 5.60. The van der Waals surface area contributed by atoms with Crippen molar-refractivity contribution in [2.24, 2.45) is 0 Å². The number of benzene rings is 2. The Morgan fingerprint density at radius 3 is 2.78 bits per heavy atom. The van der Waals surface area contributed by atoms with Gasteiger partial charge in [-0.2, -0.15) is 23.5 Å². The summed E-state index contributed by atoms with van der Waals surface area (Å²) in [7, 11) is 0. The largest absolute Gasteiger partial charge is 0.416 e. The van der Waals surface area contributed by atoms with Crippen LogP contribution in [0, 0.1) is 11.3 Å². The summed E-state index contributed by atoms with van der Waals surface area (Å²) in [4.78, 5) is 24.4. The second kappa shape index (κ2) is 9.58. The molecule has 11 heteroatoms. The van der Waals surface area contributed by atoms with Crippen molar-refractivity contribution in [1.29, 1.82) is 5.26 Å². The predicted molar refractivity (Wildman–Crippen MR) is 129 cm³/mol. The van der Waals surface area contributed by atoms with Crippen molar-refractivity contribution < 1.29 is 18.0 Å². The molecular weight excluding hydrogens is 483 g/mol. The Kier molecular flexibility index (Phi) is 6.15. The minimum Gasteiger partial charge on any atom is -0.346 e. The number of anilines is 1. The normalized spacial score (nSPS) is 12.3. The molecule has 0 saturated carbocycles. The molecule has 3 aromatic heterocycles. The number of H-pyrrole nitrogens is 1. The molecule has 3 heterocycles. The Balaban J connectivity index is 1.42. The van der Waals surface area contributed by atoms with Crippen LogP contribution in [0.3, 0.4) is 0 Å². The van der Waals surface area contributed by atoms with Gasteiger partial charge < -0.3 is 10.3 Å². The third-order valence-electron chi connectivity index (χ3n) is 5.81. The molecule has 0 radical (unpaired) electrons. The van der Waals surface area contributed by atoms with Crippen LogP contribution in [0.15, 0.2) is 79.5 Å². The molecule has 5 aromatic rings. The highest BCUT2D eigenvalue weighted by atomic mass is 19.4. The number of fused-ring (bicyclic) bond motifs is 1. The van der Waals surface area contributed by atoms with Crippen LogP contribution in [0.1, 0.15) is 33.9 Å². The van der Waals surface area contributed by atoms with E-state index in [0.29, 0.717) is 16.9 Å². The Bertz CT molecular complexity index is 1630. The molecule has 1 unspecified atom stereocenters. The monoisotopic (exact) mass is 501 g/mol. The summed E-state index contributed by atoms with van der Waals surface area (Å²) in [6, 6.07) is 14.5. The molecule has 0 aliphatic rings. The molecule has 0 fully saturated rings. The molecule has 0 aliphatic carbocycles. The van der Waals surface area contributed by atoms with Crippen molar-refractivity contribution in [3.63, 3.8) is 0 Å². The Labute approximate surface area is 208 Å². The van der Waals surface area contributed by atoms with Crippen LogP contribution in [-0.2, 0) is 6.18 Å². The summed E-state index contributed by atoms with van der Waals surface area (Å²) in [5, 5.41) is 17.2. The van der Waals surface area contributed by atoms with Gasteiger partial charge in [-0.05, 0) is 42.0 Å². The fourth-order valence-corrected chi connectivity index (χ4v) is 4.05. The second-order valence-corrected chi connectivity index (χ2v) is 8.21. The summed E-state index contributed by atoms with van der Waals surface area (Å²) in [5.41, 5.74) is 2.14. The van der Waals surface area contributed by atoms with Gasteiger partial charge in [-0.1, -0.05) is 18.2 Å². The molecule has 1 atom stereocenters. The molecule has 5 rings (SSSR count). The highest BCUT2D eigenvalue weighted by Crippen LogP contribution is 2.31. The number of aromatic amines is 1. The van der Waals surface area contributed by atoms with Gasteiger partial charge in [-0.3, -0.25) is 9.48 Å². The van der Waals surface area contributed by atoms with Crippen molar-refractivity contribution in [3.8, 4) is 17.3 Å². The van der Waals surface area contributed by atoms with Gasteiger partial charge in [0.15, 0.2) is 0 Å². The number of amides is 1. The van der Waals surface area contributed by atoms with E-state index in [4.69, 9.17) is 0 Å². The molecular formula is C26H18F3N7O. The van der Waals surface area contributed by atoms with E-state index in [-0.39, 0.29) is 17.7 Å². The first-order valence-electron chi connectivity index (χ1n) is 11.1. The number of carbonyl (C=O) groups excluding carboxylic acids is 1. The molecule has 37 heavy (non-hydrogen) atoms. The summed E-state index contributed by atoms with van der Waals surface area (Å²) in [6.07, 6.45) is 2.18. The number of alkyl halides is 3. The lowest BCUT2D eigenvalue weighted by atomic mass is 10.0. The Morgan fingerprint density at radius 2 is 1.97 bits per heavy atom. The SMILES string of the molecule is N#CCC(c1cccc(C(=O)Nc2cccc(C(F)(F)F)c2)c1)n1cc(-c2ncnc3[nH]ccc23)cn1. The van der Waals surface area contributed by atoms with Crippen LogP contribution in [0.2, 0.25) is 0 Å². The lowest BCUT2D eigenvalue weighted by Gasteiger charge is -2.16. The summed E-state index contributed by atoms with van der Waals surface area (Å²) >= 11 is 0. The highest BCUT2D eigenvalue weighted by molar-refractivity contribution is 6.04. The number of halogens is 3. The number of aromatic nitrogens is 5. The molecule has 2 N–H and O–H groups in total. The minimum atomic E-state index is -4.52. The molecule has 2 aromatic carbocycles. The quantitative estimate of drug-likeness (QED) is 0.315. The number of carbonyl (C=O) groups is 1. The van der Waals surface area contributed by atoms with Crippen molar-refractivity contribution in [2.45, 2.75) is 18.6 Å². The van der Waals surface area contributed by atoms with Crippen LogP contribution >= 0.6 is 0 Å². The van der Waals surface area contributed by atoms with Gasteiger partial charge in [0.25, 0.3) is 5.91 Å². The second-order valence-electron chi connectivity index (χ2n) is 8.21. The van der Waals surface area contributed by atoms with Crippen molar-refractivity contribution in [1.82, 2.24) is 24.7 Å². The number of nitriles is 1. The van der Waals surface area contributed by atoms with Gasteiger partial charge in [-0.25, -0.2) is 9.97 Å². The van der Waals surface area contributed by atoms with E-state index in [0.717, 1.165) is 23.1 Å². The van der Waals surface area contributed by atoms with E-state index in [9.17, 15) is 23.2 Å². The average molecular weight is 501 g/mol. The van der Waals surface area contributed by atoms with Gasteiger partial charge in [0.2, 0.25) is 0 Å². The standard InChI is InChI=1S/C26H18F3N7O/c27-26(28,29)19-5-2-6-20(12-19)35-25(37)17-4-1-3-16(11-17)22(7-9-30)36-14-18(13-34-36)23-21-8-10-31-24(21)33-15-32-23/h1-6,8,10-15,22H,7H2,(H,35,37)(H,31,32,33). The average Bonchev–Trinajstić information content (AvgIpc) is 3.57. The van der Waals surface area contributed by atoms with Crippen molar-refractivity contribution >= 4 is 22.6 Å². The van der Waals surface area contributed by atoms with Crippen LogP contribution in [-0.4, -0.2) is 30.6 Å². The molecule has 1 amide bonds. The number of nitrogens with zero attached hydrogens (tertiary/aromatic N) is 5. The summed E-state index contributed by atoms with van der Waals surface area (Å²) in [5.74, 6) is -0.575. The first kappa shape index (κ1) is 23.7. The Hall–Kier alpha value is -4.98. The third kappa shape index (κ3) is 4.90. The smallest absolute Gasteiger partial charge is 0.346 e. The molecule has 8 nitrogen and oxygen atoms in total. The fourth-order valence-electron chi connectivity index (χ4n) is 4.05. The van der Waals surface area contributed by atoms with Gasteiger partial charge >= 0.3 is 6.18 Å². The maximum atomic E-state index is 13.0. The number of hydrogen-bond acceptors (Lipinski definition) is 5. The number of hydrogen-bond donors (Lipinski definition) is 2. The van der Waals surface area contributed by atoms with Crippen LogP contribution in [0.4, 0.5) is 18.9 Å². The van der Waals surface area contributed by atoms with E-state index in [1.165, 1.54) is 18.5 Å². The van der Waals surface area contributed by atoms with Gasteiger partial charge in [0.05, 0.1) is 36.0 Å². The number of rotatable bonds is 6. The van der Waals surface area contributed by atoms with E-state index >= 15 is 0 Å². The molecule has 0 spiro atoms. The minimum absolute atomic E-state index is 0.0245. The molecule has 0 saturated heterocycles. The first-order chi connectivity index (χ1) is 17.8. The highest BCUT2D eigenvalue weighted by Gasteiger charge is 2.30. The number of nitrogens with one attached hydrogen (secondary N) is 2. The van der Waals surface area contributed by atoms with Crippen LogP contribution in [0.25, 0.3) is 22.3 Å². The van der Waals surface area contributed by atoms with Gasteiger partial charge in [-0.15, -0.1) is 0 Å². The first-order valence-corrected chi connectivity index (χ1v) is 11.1. The molecule has 184 valence electrons. The summed E-state index contributed by atoms with van der Waals surface area (Å²) in [6.45, 7) is 0. The lowest BCUT2D eigenvalue weighted by molar-refractivity contribution is -0.137. The fraction of sp³-hybridized carbons (Fsp3) is 0.115. The van der Waals surface area contributed by atoms with Gasteiger partial charge in [0, 0.05) is 34.6 Å². The molecule has 0 aliphatic heterocycles. The van der Waals surface area contributed by atoms with Crippen molar-refractivity contribution in [2.75, 3.05) is 5.32 Å². The van der Waals surface area contributed by atoms with E-state index in [2.05, 4.69) is 31.4 Å². The van der Waals surface area contributed by atoms with E-state index < -0.39 is 23.7 Å². The van der Waals surface area contributed by atoms with Gasteiger partial charge in [0.1, 0.15) is 12.0 Å². The maximum Gasteiger partial charge on any atom is 0.416 e. The van der Waals surface area contributed by atoms with Crippen LogP contribution in [0.5, 0.6) is 0 Å². The van der Waals surface area contributed by atoms with Crippen molar-refractivity contribution in [3.05, 3.63) is 96.2 Å². The lowest BCUT2D eigenvalue weighted by Crippen LogP contribution is -2.15. The third-order valence-corrected chi connectivity index (χ3v) is 5.81. The maximum absolute atomic E-state index is 13.0. The molecule has 0 bridgehead atoms. The van der Waals surface area contributed by atoms with Crippen LogP contribution < -0.4 is 5.32 Å². The van der Waals surface area contributed by atoms with E-state index in [1.807, 2.05) is 6.07 Å². The zero-order valence-corrected chi connectivity index (χ0v) is 19.1. The summed E-state index contributed by atoms with van der Waals surface area (Å²) < 4.78 is 40.7. The topological polar surface area (TPSA) is 112 Å².